The minimum absolute atomic E-state index is 0.170. The lowest BCUT2D eigenvalue weighted by atomic mass is 10.1. The van der Waals surface area contributed by atoms with Crippen LogP contribution in [0.1, 0.15) is 15.9 Å². The third kappa shape index (κ3) is 3.57. The number of rotatable bonds is 3. The van der Waals surface area contributed by atoms with E-state index in [4.69, 9.17) is 0 Å². The summed E-state index contributed by atoms with van der Waals surface area (Å²) in [5, 5.41) is 2.57. The minimum Gasteiger partial charge on any atom is -0.338 e. The van der Waals surface area contributed by atoms with Gasteiger partial charge in [-0.25, -0.2) is 4.98 Å². The van der Waals surface area contributed by atoms with Crippen molar-refractivity contribution < 1.29 is 18.0 Å². The highest BCUT2D eigenvalue weighted by atomic mass is 19.4. The zero-order valence-corrected chi connectivity index (χ0v) is 14.3. The summed E-state index contributed by atoms with van der Waals surface area (Å²) in [6.07, 6.45) is -2.79. The Kier molecular flexibility index (Phi) is 4.31. The monoisotopic (exact) mass is 382 g/mol. The number of H-pyrrole nitrogens is 1. The number of benzene rings is 2. The maximum atomic E-state index is 12.8. The van der Waals surface area contributed by atoms with Crippen molar-refractivity contribution in [3.05, 3.63) is 78.1 Å². The Morgan fingerprint density at radius 2 is 1.75 bits per heavy atom. The molecule has 28 heavy (non-hydrogen) atoms. The summed E-state index contributed by atoms with van der Waals surface area (Å²) in [4.78, 5) is 23.4. The number of hydrogen-bond donors (Lipinski definition) is 2. The maximum absolute atomic E-state index is 12.8. The molecule has 0 spiro atoms. The van der Waals surface area contributed by atoms with Crippen molar-refractivity contribution >= 4 is 22.6 Å². The van der Waals surface area contributed by atoms with Crippen LogP contribution in [0.5, 0.6) is 0 Å². The Labute approximate surface area is 157 Å². The van der Waals surface area contributed by atoms with Gasteiger partial charge in [-0.2, -0.15) is 13.2 Å². The lowest BCUT2D eigenvalue weighted by molar-refractivity contribution is -0.137. The first-order valence-corrected chi connectivity index (χ1v) is 8.29. The lowest BCUT2D eigenvalue weighted by Crippen LogP contribution is -2.14. The zero-order chi connectivity index (χ0) is 19.7. The van der Waals surface area contributed by atoms with Gasteiger partial charge in [-0.1, -0.05) is 12.1 Å². The first-order chi connectivity index (χ1) is 13.4. The van der Waals surface area contributed by atoms with Crippen LogP contribution in [-0.2, 0) is 6.18 Å². The smallest absolute Gasteiger partial charge is 0.338 e. The van der Waals surface area contributed by atoms with Crippen LogP contribution >= 0.6 is 0 Å². The topological polar surface area (TPSA) is 70.7 Å². The molecule has 4 rings (SSSR count). The summed E-state index contributed by atoms with van der Waals surface area (Å²) in [6.45, 7) is 0. The fraction of sp³-hybridized carbons (Fsp3) is 0.0500. The van der Waals surface area contributed by atoms with E-state index in [1.54, 1.807) is 24.3 Å². The molecule has 1 amide bonds. The highest BCUT2D eigenvalue weighted by Crippen LogP contribution is 2.29. The van der Waals surface area contributed by atoms with Crippen molar-refractivity contribution in [3.8, 4) is 11.4 Å². The molecule has 0 aliphatic heterocycles. The van der Waals surface area contributed by atoms with Gasteiger partial charge in [0.15, 0.2) is 0 Å². The quantitative estimate of drug-likeness (QED) is 0.530. The van der Waals surface area contributed by atoms with E-state index in [0.717, 1.165) is 28.9 Å². The van der Waals surface area contributed by atoms with E-state index < -0.39 is 17.6 Å². The molecule has 2 aromatic heterocycles. The average Bonchev–Trinajstić information content (AvgIpc) is 3.12. The fourth-order valence-corrected chi connectivity index (χ4v) is 2.72. The highest BCUT2D eigenvalue weighted by molar-refractivity contribution is 6.04. The summed E-state index contributed by atoms with van der Waals surface area (Å²) < 4.78 is 38.3. The number of halogens is 3. The molecule has 0 saturated carbocycles. The highest BCUT2D eigenvalue weighted by Gasteiger charge is 2.31. The number of anilines is 1. The van der Waals surface area contributed by atoms with E-state index in [-0.39, 0.29) is 5.56 Å². The van der Waals surface area contributed by atoms with Gasteiger partial charge in [0, 0.05) is 23.6 Å². The predicted molar refractivity (Wildman–Crippen MR) is 98.7 cm³/mol. The molecule has 2 aromatic carbocycles. The number of alkyl halides is 3. The first kappa shape index (κ1) is 17.7. The van der Waals surface area contributed by atoms with Crippen LogP contribution in [0.25, 0.3) is 22.4 Å². The van der Waals surface area contributed by atoms with Crippen LogP contribution in [0.15, 0.2) is 67.0 Å². The lowest BCUT2D eigenvalue weighted by Gasteiger charge is -2.09. The van der Waals surface area contributed by atoms with Gasteiger partial charge in [0.1, 0.15) is 5.82 Å². The molecule has 2 N–H and O–H groups in total. The first-order valence-electron chi connectivity index (χ1n) is 8.29. The second-order valence-corrected chi connectivity index (χ2v) is 6.09. The summed E-state index contributed by atoms with van der Waals surface area (Å²) in [7, 11) is 0. The van der Waals surface area contributed by atoms with Crippen molar-refractivity contribution in [3.63, 3.8) is 0 Å². The van der Waals surface area contributed by atoms with Gasteiger partial charge in [-0.05, 0) is 42.5 Å². The van der Waals surface area contributed by atoms with Crippen LogP contribution < -0.4 is 5.32 Å². The molecule has 8 heteroatoms. The number of carbonyl (C=O) groups excluding carboxylic acids is 1. The van der Waals surface area contributed by atoms with Gasteiger partial charge in [-0.15, -0.1) is 0 Å². The summed E-state index contributed by atoms with van der Waals surface area (Å²) in [5.41, 5.74) is 1.87. The molecule has 0 aliphatic carbocycles. The standard InChI is InChI=1S/C20H13F3N4O/c21-20(22,23)14-9-13(10-24-11-14)19(28)25-15-7-5-12(6-8-15)18-26-16-3-1-2-4-17(16)27-18/h1-11H,(H,25,28)(H,26,27). The van der Waals surface area contributed by atoms with Crippen molar-refractivity contribution in [1.29, 1.82) is 0 Å². The minimum atomic E-state index is -4.56. The van der Waals surface area contributed by atoms with E-state index in [2.05, 4.69) is 20.3 Å². The molecule has 0 bridgehead atoms. The number of para-hydroxylation sites is 2. The molecule has 4 aromatic rings. The Morgan fingerprint density at radius 3 is 2.46 bits per heavy atom. The van der Waals surface area contributed by atoms with Gasteiger partial charge in [0.25, 0.3) is 5.91 Å². The Balaban J connectivity index is 1.52. The fourth-order valence-electron chi connectivity index (χ4n) is 2.72. The third-order valence-electron chi connectivity index (χ3n) is 4.13. The number of imidazole rings is 1. The van der Waals surface area contributed by atoms with Gasteiger partial charge in [0.05, 0.1) is 22.2 Å². The molecule has 0 aliphatic rings. The second kappa shape index (κ2) is 6.80. The van der Waals surface area contributed by atoms with Crippen LogP contribution in [0.2, 0.25) is 0 Å². The number of aromatic amines is 1. The summed E-state index contributed by atoms with van der Waals surface area (Å²) >= 11 is 0. The van der Waals surface area contributed by atoms with Crippen molar-refractivity contribution in [2.24, 2.45) is 0 Å². The molecule has 0 saturated heterocycles. The van der Waals surface area contributed by atoms with E-state index >= 15 is 0 Å². The number of nitrogens with zero attached hydrogens (tertiary/aromatic N) is 2. The van der Waals surface area contributed by atoms with Crippen molar-refractivity contribution in [2.75, 3.05) is 5.32 Å². The van der Waals surface area contributed by atoms with E-state index in [9.17, 15) is 18.0 Å². The molecule has 0 atom stereocenters. The number of carbonyl (C=O) groups is 1. The van der Waals surface area contributed by atoms with Crippen LogP contribution in [0.3, 0.4) is 0 Å². The van der Waals surface area contributed by atoms with Crippen LogP contribution in [0.4, 0.5) is 18.9 Å². The predicted octanol–water partition coefficient (Wildman–Crippen LogP) is 4.90. The summed E-state index contributed by atoms with van der Waals surface area (Å²) in [5.74, 6) is 0.0104. The Hall–Kier alpha value is -3.68. The van der Waals surface area contributed by atoms with Crippen molar-refractivity contribution in [1.82, 2.24) is 15.0 Å². The van der Waals surface area contributed by atoms with E-state index in [0.29, 0.717) is 17.7 Å². The normalized spacial score (nSPS) is 11.5. The van der Waals surface area contributed by atoms with Crippen molar-refractivity contribution in [2.45, 2.75) is 6.18 Å². The average molecular weight is 382 g/mol. The van der Waals surface area contributed by atoms with E-state index in [1.165, 1.54) is 0 Å². The van der Waals surface area contributed by atoms with Gasteiger partial charge in [-0.3, -0.25) is 9.78 Å². The SMILES string of the molecule is O=C(Nc1ccc(-c2nc3ccccc3[nH]2)cc1)c1cncc(C(F)(F)F)c1. The molecule has 2 heterocycles. The number of pyridine rings is 1. The van der Waals surface area contributed by atoms with Crippen LogP contribution in [0, 0.1) is 0 Å². The third-order valence-corrected chi connectivity index (χ3v) is 4.13. The maximum Gasteiger partial charge on any atom is 0.417 e. The Morgan fingerprint density at radius 1 is 1.00 bits per heavy atom. The molecule has 0 fully saturated rings. The number of amides is 1. The molecule has 5 nitrogen and oxygen atoms in total. The van der Waals surface area contributed by atoms with Gasteiger partial charge < -0.3 is 10.3 Å². The molecule has 0 unspecified atom stereocenters. The number of nitrogens with one attached hydrogen (secondary N) is 2. The van der Waals surface area contributed by atoms with E-state index in [1.807, 2.05) is 24.3 Å². The number of hydrogen-bond acceptors (Lipinski definition) is 3. The second-order valence-electron chi connectivity index (χ2n) is 6.09. The number of fused-ring (bicyclic) bond motifs is 1. The Bertz CT molecular complexity index is 1120. The number of aromatic nitrogens is 3. The molecule has 140 valence electrons. The molecular formula is C20H13F3N4O. The zero-order valence-electron chi connectivity index (χ0n) is 14.3. The largest absolute Gasteiger partial charge is 0.417 e. The van der Waals surface area contributed by atoms with Gasteiger partial charge in [0.2, 0.25) is 0 Å². The molecule has 0 radical (unpaired) electrons. The molecular weight excluding hydrogens is 369 g/mol. The van der Waals surface area contributed by atoms with Gasteiger partial charge >= 0.3 is 6.18 Å². The van der Waals surface area contributed by atoms with Crippen LogP contribution in [-0.4, -0.2) is 20.9 Å². The summed E-state index contributed by atoms with van der Waals surface area (Å²) in [6, 6.07) is 15.2.